The van der Waals surface area contributed by atoms with Crippen LogP contribution in [0.25, 0.3) is 0 Å². The molecule has 0 aliphatic carbocycles. The van der Waals surface area contributed by atoms with E-state index in [0.29, 0.717) is 6.42 Å². The summed E-state index contributed by atoms with van der Waals surface area (Å²) in [7, 11) is 0. The second-order valence-corrected chi connectivity index (χ2v) is 6.14. The van der Waals surface area contributed by atoms with Gasteiger partial charge in [-0.05, 0) is 17.5 Å². The molecule has 2 aromatic rings. The van der Waals surface area contributed by atoms with Crippen LogP contribution >= 0.6 is 0 Å². The predicted octanol–water partition coefficient (Wildman–Crippen LogP) is 3.41. The Bertz CT molecular complexity index is 648. The lowest BCUT2D eigenvalue weighted by Crippen LogP contribution is -2.35. The number of rotatable bonds is 10. The first-order valence-corrected chi connectivity index (χ1v) is 8.82. The monoisotopic (exact) mass is 355 g/mol. The first-order valence-electron chi connectivity index (χ1n) is 8.82. The zero-order chi connectivity index (χ0) is 18.8. The van der Waals surface area contributed by atoms with E-state index in [9.17, 15) is 9.59 Å². The van der Waals surface area contributed by atoms with E-state index in [1.54, 1.807) is 0 Å². The molecule has 2 aromatic carbocycles. The maximum atomic E-state index is 12.1. The van der Waals surface area contributed by atoms with Gasteiger partial charge in [0, 0.05) is 6.54 Å². The number of aliphatic carboxylic acids is 1. The maximum absolute atomic E-state index is 12.1. The van der Waals surface area contributed by atoms with Crippen LogP contribution in [0.5, 0.6) is 0 Å². The molecule has 0 aromatic heterocycles. The molecule has 5 nitrogen and oxygen atoms in total. The molecular weight excluding hydrogens is 330 g/mol. The van der Waals surface area contributed by atoms with E-state index < -0.39 is 11.9 Å². The van der Waals surface area contributed by atoms with Gasteiger partial charge >= 0.3 is 5.97 Å². The van der Waals surface area contributed by atoms with Gasteiger partial charge in [-0.3, -0.25) is 9.59 Å². The fraction of sp³-hybridized carbons (Fsp3) is 0.333. The summed E-state index contributed by atoms with van der Waals surface area (Å²) >= 11 is 0. The number of ether oxygens (including phenoxy) is 1. The van der Waals surface area contributed by atoms with Crippen LogP contribution in [-0.2, 0) is 14.3 Å². The highest BCUT2D eigenvalue weighted by molar-refractivity contribution is 5.78. The van der Waals surface area contributed by atoms with Gasteiger partial charge in [-0.1, -0.05) is 74.0 Å². The standard InChI is InChI=1S/C21H25NO4/c1-2-9-18(21(24)25)14-22-19(23)15-26-20(16-10-5-3-6-11-16)17-12-7-4-8-13-17/h3-8,10-13,18,20H,2,9,14-15H2,1H3,(H,22,23)(H,24,25). The third-order valence-electron chi connectivity index (χ3n) is 4.12. The summed E-state index contributed by atoms with van der Waals surface area (Å²) in [6.07, 6.45) is 0.939. The maximum Gasteiger partial charge on any atom is 0.308 e. The minimum atomic E-state index is -0.889. The first-order chi connectivity index (χ1) is 12.6. The SMILES string of the molecule is CCCC(CNC(=O)COC(c1ccccc1)c1ccccc1)C(=O)O. The molecule has 1 unspecified atom stereocenters. The quantitative estimate of drug-likeness (QED) is 0.685. The Kier molecular flexibility index (Phi) is 7.83. The largest absolute Gasteiger partial charge is 0.481 e. The second kappa shape index (κ2) is 10.4. The summed E-state index contributed by atoms with van der Waals surface area (Å²) in [6.45, 7) is 1.91. The number of carboxylic acids is 1. The van der Waals surface area contributed by atoms with Crippen molar-refractivity contribution in [3.63, 3.8) is 0 Å². The van der Waals surface area contributed by atoms with Crippen LogP contribution in [0.1, 0.15) is 37.0 Å². The van der Waals surface area contributed by atoms with Crippen LogP contribution in [0, 0.1) is 5.92 Å². The van der Waals surface area contributed by atoms with Crippen molar-refractivity contribution in [1.29, 1.82) is 0 Å². The van der Waals surface area contributed by atoms with Gasteiger partial charge in [0.2, 0.25) is 5.91 Å². The Morgan fingerprint density at radius 1 is 1.00 bits per heavy atom. The highest BCUT2D eigenvalue weighted by Gasteiger charge is 2.19. The van der Waals surface area contributed by atoms with Gasteiger partial charge in [-0.25, -0.2) is 0 Å². The Morgan fingerprint density at radius 3 is 2.00 bits per heavy atom. The number of amides is 1. The van der Waals surface area contributed by atoms with Crippen LogP contribution in [-0.4, -0.2) is 30.1 Å². The van der Waals surface area contributed by atoms with Crippen molar-refractivity contribution in [3.05, 3.63) is 71.8 Å². The van der Waals surface area contributed by atoms with Crippen molar-refractivity contribution in [2.45, 2.75) is 25.9 Å². The number of benzene rings is 2. The zero-order valence-electron chi connectivity index (χ0n) is 14.9. The lowest BCUT2D eigenvalue weighted by Gasteiger charge is -2.19. The number of carbonyl (C=O) groups excluding carboxylic acids is 1. The molecule has 0 spiro atoms. The van der Waals surface area contributed by atoms with Crippen LogP contribution < -0.4 is 5.32 Å². The van der Waals surface area contributed by atoms with E-state index in [4.69, 9.17) is 9.84 Å². The number of nitrogens with one attached hydrogen (secondary N) is 1. The average molecular weight is 355 g/mol. The van der Waals surface area contributed by atoms with Crippen LogP contribution in [0.15, 0.2) is 60.7 Å². The molecule has 0 aliphatic heterocycles. The first kappa shape index (κ1) is 19.7. The molecule has 2 N–H and O–H groups in total. The van der Waals surface area contributed by atoms with Crippen LogP contribution in [0.2, 0.25) is 0 Å². The molecule has 1 amide bonds. The smallest absolute Gasteiger partial charge is 0.308 e. The van der Waals surface area contributed by atoms with Gasteiger partial charge in [-0.15, -0.1) is 0 Å². The molecule has 0 aliphatic rings. The zero-order valence-corrected chi connectivity index (χ0v) is 14.9. The average Bonchev–Trinajstić information content (AvgIpc) is 2.66. The number of hydrogen-bond donors (Lipinski definition) is 2. The third kappa shape index (κ3) is 6.01. The predicted molar refractivity (Wildman–Crippen MR) is 99.7 cm³/mol. The summed E-state index contributed by atoms with van der Waals surface area (Å²) in [5, 5.41) is 11.8. The van der Waals surface area contributed by atoms with Crippen LogP contribution in [0.4, 0.5) is 0 Å². The van der Waals surface area contributed by atoms with Gasteiger partial charge in [0.1, 0.15) is 12.7 Å². The molecule has 5 heteroatoms. The Balaban J connectivity index is 1.97. The Labute approximate surface area is 154 Å². The summed E-state index contributed by atoms with van der Waals surface area (Å²) in [4.78, 5) is 23.3. The summed E-state index contributed by atoms with van der Waals surface area (Å²) in [5.74, 6) is -1.77. The number of carbonyl (C=O) groups is 2. The third-order valence-corrected chi connectivity index (χ3v) is 4.12. The normalized spacial score (nSPS) is 11.9. The van der Waals surface area contributed by atoms with Crippen molar-refractivity contribution in [2.24, 2.45) is 5.92 Å². The van der Waals surface area contributed by atoms with Crippen molar-refractivity contribution < 1.29 is 19.4 Å². The number of hydrogen-bond acceptors (Lipinski definition) is 3. The molecule has 2 rings (SSSR count). The van der Waals surface area contributed by atoms with E-state index >= 15 is 0 Å². The highest BCUT2D eigenvalue weighted by atomic mass is 16.5. The van der Waals surface area contributed by atoms with Crippen molar-refractivity contribution >= 4 is 11.9 Å². The summed E-state index contributed by atoms with van der Waals surface area (Å²) < 4.78 is 5.87. The number of carboxylic acid groups (broad SMARTS) is 1. The van der Waals surface area contributed by atoms with Crippen molar-refractivity contribution in [3.8, 4) is 0 Å². The molecular formula is C21H25NO4. The van der Waals surface area contributed by atoms with Gasteiger partial charge < -0.3 is 15.2 Å². The topological polar surface area (TPSA) is 75.6 Å². The van der Waals surface area contributed by atoms with E-state index in [1.165, 1.54) is 0 Å². The lowest BCUT2D eigenvalue weighted by atomic mass is 10.0. The molecule has 0 radical (unpaired) electrons. The molecule has 1 atom stereocenters. The van der Waals surface area contributed by atoms with Crippen molar-refractivity contribution in [1.82, 2.24) is 5.32 Å². The second-order valence-electron chi connectivity index (χ2n) is 6.14. The van der Waals surface area contributed by atoms with E-state index in [1.807, 2.05) is 67.6 Å². The molecule has 138 valence electrons. The van der Waals surface area contributed by atoms with Gasteiger partial charge in [0.15, 0.2) is 0 Å². The molecule has 26 heavy (non-hydrogen) atoms. The molecule has 0 saturated heterocycles. The van der Waals surface area contributed by atoms with E-state index in [0.717, 1.165) is 17.5 Å². The Morgan fingerprint density at radius 2 is 1.54 bits per heavy atom. The van der Waals surface area contributed by atoms with Gasteiger partial charge in [0.05, 0.1) is 5.92 Å². The van der Waals surface area contributed by atoms with Crippen LogP contribution in [0.3, 0.4) is 0 Å². The summed E-state index contributed by atoms with van der Waals surface area (Å²) in [5.41, 5.74) is 1.92. The summed E-state index contributed by atoms with van der Waals surface area (Å²) in [6, 6.07) is 19.4. The van der Waals surface area contributed by atoms with Gasteiger partial charge in [0.25, 0.3) is 0 Å². The molecule has 0 heterocycles. The highest BCUT2D eigenvalue weighted by Crippen LogP contribution is 2.25. The molecule has 0 fully saturated rings. The fourth-order valence-corrected chi connectivity index (χ4v) is 2.75. The lowest BCUT2D eigenvalue weighted by molar-refractivity contribution is -0.142. The van der Waals surface area contributed by atoms with E-state index in [-0.39, 0.29) is 25.2 Å². The van der Waals surface area contributed by atoms with Crippen molar-refractivity contribution in [2.75, 3.05) is 13.2 Å². The minimum Gasteiger partial charge on any atom is -0.481 e. The minimum absolute atomic E-state index is 0.118. The molecule has 0 saturated carbocycles. The fourth-order valence-electron chi connectivity index (χ4n) is 2.75. The molecule has 0 bridgehead atoms. The Hall–Kier alpha value is -2.66. The van der Waals surface area contributed by atoms with E-state index in [2.05, 4.69) is 5.32 Å². The van der Waals surface area contributed by atoms with Gasteiger partial charge in [-0.2, -0.15) is 0 Å².